The highest BCUT2D eigenvalue weighted by molar-refractivity contribution is 6.62. The van der Waals surface area contributed by atoms with Crippen LogP contribution >= 0.6 is 0 Å². The molecule has 4 rings (SSSR count). The zero-order chi connectivity index (χ0) is 18.6. The number of hydrogen-bond donors (Lipinski definition) is 0. The summed E-state index contributed by atoms with van der Waals surface area (Å²) in [7, 11) is 0.482. The van der Waals surface area contributed by atoms with Crippen molar-refractivity contribution in [3.63, 3.8) is 0 Å². The number of hydrogen-bond acceptors (Lipinski definition) is 6. The van der Waals surface area contributed by atoms with Crippen molar-refractivity contribution in [2.24, 2.45) is 0 Å². The van der Waals surface area contributed by atoms with Crippen molar-refractivity contribution in [1.82, 2.24) is 0 Å². The Hall–Kier alpha value is -1.05. The van der Waals surface area contributed by atoms with E-state index in [1.807, 2.05) is 0 Å². The summed E-state index contributed by atoms with van der Waals surface area (Å²) < 4.78 is 17.7. The van der Waals surface area contributed by atoms with E-state index >= 15 is 0 Å². The molecule has 3 saturated heterocycles. The van der Waals surface area contributed by atoms with Crippen LogP contribution in [-0.4, -0.2) is 58.7 Å². The maximum Gasteiger partial charge on any atom is 0.494 e. The number of anilines is 1. The third kappa shape index (κ3) is 4.61. The van der Waals surface area contributed by atoms with Crippen LogP contribution in [0.2, 0.25) is 6.32 Å². The molecule has 0 spiro atoms. The van der Waals surface area contributed by atoms with Crippen LogP contribution in [0.5, 0.6) is 0 Å². The quantitative estimate of drug-likeness (QED) is 0.589. The summed E-state index contributed by atoms with van der Waals surface area (Å²) in [6, 6.07) is 8.46. The Kier molecular flexibility index (Phi) is 6.30. The first-order chi connectivity index (χ1) is 12.4. The minimum Gasteiger partial charge on any atom is -0.399 e. The highest BCUT2D eigenvalue weighted by Gasteiger charge is 2.51. The Bertz CT molecular complexity index is 565. The average Bonchev–Trinajstić information content (AvgIpc) is 3.27. The van der Waals surface area contributed by atoms with Gasteiger partial charge < -0.3 is 23.8 Å². The molecule has 142 valence electrons. The highest BCUT2D eigenvalue weighted by Crippen LogP contribution is 2.36. The van der Waals surface area contributed by atoms with Crippen molar-refractivity contribution >= 4 is 25.8 Å². The van der Waals surface area contributed by atoms with Crippen LogP contribution in [0.15, 0.2) is 24.3 Å². The molecule has 3 fully saturated rings. The van der Waals surface area contributed by atoms with Crippen LogP contribution in [0.3, 0.4) is 0 Å². The first-order valence-electron chi connectivity index (χ1n) is 9.42. The fourth-order valence-corrected chi connectivity index (χ4v) is 2.96. The monoisotopic (exact) mass is 361 g/mol. The molecule has 0 aliphatic carbocycles. The van der Waals surface area contributed by atoms with E-state index < -0.39 is 0 Å². The second kappa shape index (κ2) is 8.31. The van der Waals surface area contributed by atoms with Gasteiger partial charge in [-0.25, -0.2) is 0 Å². The average molecular weight is 361 g/mol. The van der Waals surface area contributed by atoms with Crippen LogP contribution in [0, 0.1) is 0 Å². The molecule has 0 amide bonds. The third-order valence-corrected chi connectivity index (χ3v) is 5.31. The highest BCUT2D eigenvalue weighted by atomic mass is 17.2. The normalized spacial score (nSPS) is 24.0. The van der Waals surface area contributed by atoms with Gasteiger partial charge in [-0.2, -0.15) is 0 Å². The van der Waals surface area contributed by atoms with Crippen molar-refractivity contribution in [2.45, 2.75) is 45.2 Å². The molecule has 0 N–H and O–H groups in total. The predicted octanol–water partition coefficient (Wildman–Crippen LogP) is 1.54. The third-order valence-electron chi connectivity index (χ3n) is 5.31. The lowest BCUT2D eigenvalue weighted by Gasteiger charge is -2.32. The van der Waals surface area contributed by atoms with Crippen molar-refractivity contribution < 1.29 is 23.7 Å². The van der Waals surface area contributed by atoms with Gasteiger partial charge in [0.1, 0.15) is 0 Å². The maximum atomic E-state index is 6.13. The smallest absolute Gasteiger partial charge is 0.399 e. The summed E-state index contributed by atoms with van der Waals surface area (Å²) in [6.07, 6.45) is 1.06. The fraction of sp³-hybridized carbons (Fsp3) is 0.667. The number of benzene rings is 1. The Morgan fingerprint density at radius 3 is 2.23 bits per heavy atom. The van der Waals surface area contributed by atoms with E-state index in [2.05, 4.69) is 66.6 Å². The molecule has 0 saturated carbocycles. The van der Waals surface area contributed by atoms with E-state index in [1.165, 1.54) is 5.69 Å². The van der Waals surface area contributed by atoms with E-state index in [9.17, 15) is 0 Å². The molecule has 1 aromatic rings. The second-order valence-corrected chi connectivity index (χ2v) is 7.78. The van der Waals surface area contributed by atoms with Crippen LogP contribution in [0.4, 0.5) is 5.69 Å². The molecule has 3 heterocycles. The van der Waals surface area contributed by atoms with Gasteiger partial charge in [-0.05, 0) is 51.6 Å². The van der Waals surface area contributed by atoms with Crippen molar-refractivity contribution in [2.75, 3.05) is 37.8 Å². The second-order valence-electron chi connectivity index (χ2n) is 7.78. The van der Waals surface area contributed by atoms with Crippen LogP contribution < -0.4 is 10.4 Å². The van der Waals surface area contributed by atoms with Gasteiger partial charge in [-0.1, -0.05) is 12.1 Å². The summed E-state index contributed by atoms with van der Waals surface area (Å²) in [4.78, 5) is 11.2. The molecular weight excluding hydrogens is 332 g/mol. The Labute approximate surface area is 157 Å². The number of morpholine rings is 1. The summed E-state index contributed by atoms with van der Waals surface area (Å²) in [5.41, 5.74) is 1.70. The lowest BCUT2D eigenvalue weighted by atomic mass is 9.79. The number of rotatable bonds is 2. The molecule has 3 aliphatic rings. The van der Waals surface area contributed by atoms with E-state index in [-0.39, 0.29) is 18.3 Å². The Balaban J connectivity index is 0.000000339. The molecule has 0 atom stereocenters. The van der Waals surface area contributed by atoms with Crippen LogP contribution in [0.1, 0.15) is 27.7 Å². The van der Waals surface area contributed by atoms with Crippen molar-refractivity contribution in [3.05, 3.63) is 24.3 Å². The van der Waals surface area contributed by atoms with Gasteiger partial charge in [-0.3, -0.25) is 4.89 Å². The van der Waals surface area contributed by atoms with Gasteiger partial charge in [0.2, 0.25) is 0 Å². The summed E-state index contributed by atoms with van der Waals surface area (Å²) >= 11 is 0. The zero-order valence-corrected chi connectivity index (χ0v) is 16.3. The Morgan fingerprint density at radius 1 is 1.00 bits per heavy atom. The van der Waals surface area contributed by atoms with Gasteiger partial charge in [0.15, 0.2) is 0 Å². The van der Waals surface area contributed by atoms with Gasteiger partial charge in [-0.15, -0.1) is 0 Å². The largest absolute Gasteiger partial charge is 0.494 e. The number of nitrogens with zero attached hydrogens (tertiary/aromatic N) is 1. The van der Waals surface area contributed by atoms with Crippen LogP contribution in [0.25, 0.3) is 0 Å². The van der Waals surface area contributed by atoms with Gasteiger partial charge in [0.25, 0.3) is 0 Å². The molecular formula is C18H29B2NO5. The Morgan fingerprint density at radius 2 is 1.69 bits per heavy atom. The molecule has 6 nitrogen and oxygen atoms in total. The van der Waals surface area contributed by atoms with E-state index in [0.29, 0.717) is 0 Å². The van der Waals surface area contributed by atoms with Gasteiger partial charge in [0, 0.05) is 18.8 Å². The molecule has 0 unspecified atom stereocenters. The first-order valence-corrected chi connectivity index (χ1v) is 9.42. The standard InChI is InChI=1S/C16H24BNO3.C2H5BO2/c1-15(2)16(3,4)21-17(20-15)13-6-5-7-14(12-13)18-8-10-19-11-9-18;1-2-4-5-3-1/h5-7,12H,8-11H2,1-4H3;3H,1-2H2. The maximum absolute atomic E-state index is 6.13. The first kappa shape index (κ1) is 19.7. The van der Waals surface area contributed by atoms with Crippen molar-refractivity contribution in [3.8, 4) is 0 Å². The molecule has 0 radical (unpaired) electrons. The summed E-state index contributed by atoms with van der Waals surface area (Å²) in [5, 5.41) is 0. The molecule has 0 aromatic heterocycles. The van der Waals surface area contributed by atoms with E-state index in [4.69, 9.17) is 14.0 Å². The summed E-state index contributed by atoms with van der Waals surface area (Å²) in [6.45, 7) is 12.6. The van der Waals surface area contributed by atoms with Crippen LogP contribution in [-0.2, 0) is 23.7 Å². The summed E-state index contributed by atoms with van der Waals surface area (Å²) in [5.74, 6) is 0. The van der Waals surface area contributed by atoms with Gasteiger partial charge in [0.05, 0.1) is 31.0 Å². The fourth-order valence-electron chi connectivity index (χ4n) is 2.96. The van der Waals surface area contributed by atoms with Gasteiger partial charge >= 0.3 is 14.6 Å². The minimum absolute atomic E-state index is 0.295. The van der Waals surface area contributed by atoms with E-state index in [1.54, 1.807) is 0 Å². The lowest BCUT2D eigenvalue weighted by molar-refractivity contribution is -0.181. The molecule has 3 aliphatic heterocycles. The molecule has 0 bridgehead atoms. The number of ether oxygens (including phenoxy) is 1. The van der Waals surface area contributed by atoms with Crippen molar-refractivity contribution in [1.29, 1.82) is 0 Å². The molecule has 8 heteroatoms. The molecule has 26 heavy (non-hydrogen) atoms. The predicted molar refractivity (Wildman–Crippen MR) is 104 cm³/mol. The topological polar surface area (TPSA) is 49.4 Å². The van der Waals surface area contributed by atoms with E-state index in [0.717, 1.165) is 52.2 Å². The lowest BCUT2D eigenvalue weighted by Crippen LogP contribution is -2.41. The zero-order valence-electron chi connectivity index (χ0n) is 16.3. The molecule has 1 aromatic carbocycles. The SMILES string of the molecule is B1CCOO1.CC1(C)OB(c2cccc(N3CCOCC3)c2)OC1(C)C. The minimum atomic E-state index is -0.299.